The van der Waals surface area contributed by atoms with Gasteiger partial charge in [-0.25, -0.2) is 4.99 Å². The molecule has 1 unspecified atom stereocenters. The summed E-state index contributed by atoms with van der Waals surface area (Å²) in [7, 11) is 2.07. The molecule has 0 spiro atoms. The van der Waals surface area contributed by atoms with Gasteiger partial charge in [0.2, 0.25) is 0 Å². The van der Waals surface area contributed by atoms with Gasteiger partial charge in [0.05, 0.1) is 12.4 Å². The molecule has 1 aliphatic rings. The van der Waals surface area contributed by atoms with Crippen LogP contribution in [0.3, 0.4) is 0 Å². The molecular formula is C20H21ClN2. The molecule has 1 aliphatic heterocycles. The third-order valence-corrected chi connectivity index (χ3v) is 4.63. The van der Waals surface area contributed by atoms with Gasteiger partial charge in [-0.2, -0.15) is 0 Å². The SMILES string of the molecule is CCc1ccc(C2C(c3ccc(Cl)cc3)=CN=CN2C)c(C)c1. The highest BCUT2D eigenvalue weighted by molar-refractivity contribution is 6.30. The van der Waals surface area contributed by atoms with Crippen molar-refractivity contribution in [2.24, 2.45) is 4.99 Å². The minimum absolute atomic E-state index is 0.166. The maximum absolute atomic E-state index is 6.03. The maximum Gasteiger partial charge on any atom is 0.0910 e. The van der Waals surface area contributed by atoms with E-state index in [9.17, 15) is 0 Å². The van der Waals surface area contributed by atoms with Crippen molar-refractivity contribution < 1.29 is 0 Å². The van der Waals surface area contributed by atoms with Crippen molar-refractivity contribution >= 4 is 23.5 Å². The second-order valence-corrected chi connectivity index (χ2v) is 6.40. The number of aliphatic imine (C=N–C) groups is 1. The molecule has 1 atom stereocenters. The van der Waals surface area contributed by atoms with Crippen LogP contribution in [0, 0.1) is 6.92 Å². The van der Waals surface area contributed by atoms with E-state index >= 15 is 0 Å². The van der Waals surface area contributed by atoms with Crippen molar-refractivity contribution in [1.29, 1.82) is 0 Å². The summed E-state index contributed by atoms with van der Waals surface area (Å²) in [5.41, 5.74) is 6.35. The number of halogens is 1. The van der Waals surface area contributed by atoms with E-state index in [1.54, 1.807) is 0 Å². The molecule has 0 amide bonds. The average Bonchev–Trinajstić information content (AvgIpc) is 2.56. The summed E-state index contributed by atoms with van der Waals surface area (Å²) in [5, 5.41) is 0.752. The zero-order valence-corrected chi connectivity index (χ0v) is 14.5. The van der Waals surface area contributed by atoms with Gasteiger partial charge in [0.1, 0.15) is 0 Å². The number of likely N-dealkylation sites (N-methyl/N-ethyl adjacent to an activating group) is 1. The van der Waals surface area contributed by atoms with Crippen molar-refractivity contribution in [2.45, 2.75) is 26.3 Å². The Labute approximate surface area is 143 Å². The third-order valence-electron chi connectivity index (χ3n) is 4.38. The first-order valence-electron chi connectivity index (χ1n) is 7.91. The fourth-order valence-corrected chi connectivity index (χ4v) is 3.23. The third kappa shape index (κ3) is 3.18. The van der Waals surface area contributed by atoms with Crippen LogP contribution in [0.15, 0.2) is 53.7 Å². The summed E-state index contributed by atoms with van der Waals surface area (Å²) in [6.45, 7) is 4.38. The van der Waals surface area contributed by atoms with Gasteiger partial charge in [-0.15, -0.1) is 0 Å². The number of benzene rings is 2. The molecule has 23 heavy (non-hydrogen) atoms. The summed E-state index contributed by atoms with van der Waals surface area (Å²) in [6.07, 6.45) is 4.90. The van der Waals surface area contributed by atoms with Crippen molar-refractivity contribution in [3.05, 3.63) is 75.9 Å². The van der Waals surface area contributed by atoms with Crippen LogP contribution < -0.4 is 0 Å². The molecule has 0 N–H and O–H groups in total. The quantitative estimate of drug-likeness (QED) is 0.751. The smallest absolute Gasteiger partial charge is 0.0910 e. The molecule has 0 aromatic heterocycles. The first-order chi connectivity index (χ1) is 11.1. The van der Waals surface area contributed by atoms with Crippen LogP contribution in [0.2, 0.25) is 5.02 Å². The normalized spacial score (nSPS) is 17.3. The van der Waals surface area contributed by atoms with Gasteiger partial charge >= 0.3 is 0 Å². The van der Waals surface area contributed by atoms with E-state index in [0.717, 1.165) is 17.0 Å². The Balaban J connectivity index is 2.06. The predicted molar refractivity (Wildman–Crippen MR) is 99.0 cm³/mol. The molecule has 1 heterocycles. The van der Waals surface area contributed by atoms with Crippen LogP contribution in [0.1, 0.15) is 35.2 Å². The summed E-state index contributed by atoms with van der Waals surface area (Å²) >= 11 is 6.03. The Kier molecular flexibility index (Phi) is 4.53. The minimum Gasteiger partial charge on any atom is -0.354 e. The Morgan fingerprint density at radius 3 is 2.52 bits per heavy atom. The van der Waals surface area contributed by atoms with Gasteiger partial charge < -0.3 is 4.90 Å². The highest BCUT2D eigenvalue weighted by Crippen LogP contribution is 2.37. The lowest BCUT2D eigenvalue weighted by molar-refractivity contribution is 0.456. The molecule has 2 aromatic rings. The van der Waals surface area contributed by atoms with Crippen molar-refractivity contribution in [1.82, 2.24) is 4.90 Å². The summed E-state index contributed by atoms with van der Waals surface area (Å²) in [5.74, 6) is 0. The van der Waals surface area contributed by atoms with Gasteiger partial charge in [-0.05, 0) is 47.7 Å². The van der Waals surface area contributed by atoms with E-state index in [4.69, 9.17) is 11.6 Å². The lowest BCUT2D eigenvalue weighted by Gasteiger charge is -2.32. The zero-order chi connectivity index (χ0) is 16.4. The monoisotopic (exact) mass is 324 g/mol. The van der Waals surface area contributed by atoms with Gasteiger partial charge in [0.15, 0.2) is 0 Å². The predicted octanol–water partition coefficient (Wildman–Crippen LogP) is 5.27. The molecular weight excluding hydrogens is 304 g/mol. The standard InChI is InChI=1S/C20H21ClN2/c1-4-15-5-10-18(14(2)11-15)20-19(12-22-13-23(20)3)16-6-8-17(21)9-7-16/h5-13,20H,4H2,1-3H3. The number of nitrogens with zero attached hydrogens (tertiary/aromatic N) is 2. The van der Waals surface area contributed by atoms with Gasteiger partial charge in [-0.3, -0.25) is 0 Å². The molecule has 3 heteroatoms. The molecule has 0 saturated carbocycles. The van der Waals surface area contributed by atoms with E-state index in [2.05, 4.69) is 61.1 Å². The van der Waals surface area contributed by atoms with Gasteiger partial charge in [0, 0.05) is 23.8 Å². The second kappa shape index (κ2) is 6.59. The van der Waals surface area contributed by atoms with Crippen LogP contribution in [-0.2, 0) is 6.42 Å². The van der Waals surface area contributed by atoms with E-state index in [1.807, 2.05) is 24.7 Å². The second-order valence-electron chi connectivity index (χ2n) is 5.97. The fourth-order valence-electron chi connectivity index (χ4n) is 3.10. The van der Waals surface area contributed by atoms with Crippen molar-refractivity contribution in [3.8, 4) is 0 Å². The van der Waals surface area contributed by atoms with Crippen LogP contribution in [0.4, 0.5) is 0 Å². The van der Waals surface area contributed by atoms with E-state index in [-0.39, 0.29) is 6.04 Å². The molecule has 3 rings (SSSR count). The van der Waals surface area contributed by atoms with Crippen LogP contribution in [0.5, 0.6) is 0 Å². The van der Waals surface area contributed by atoms with Crippen molar-refractivity contribution in [2.75, 3.05) is 7.05 Å². The molecule has 0 aliphatic carbocycles. The molecule has 118 valence electrons. The number of aryl methyl sites for hydroxylation is 2. The van der Waals surface area contributed by atoms with E-state index < -0.39 is 0 Å². The molecule has 2 nitrogen and oxygen atoms in total. The highest BCUT2D eigenvalue weighted by atomic mass is 35.5. The van der Waals surface area contributed by atoms with Crippen molar-refractivity contribution in [3.63, 3.8) is 0 Å². The van der Waals surface area contributed by atoms with Gasteiger partial charge in [0.25, 0.3) is 0 Å². The minimum atomic E-state index is 0.166. The van der Waals surface area contributed by atoms with Crippen LogP contribution in [-0.4, -0.2) is 18.3 Å². The van der Waals surface area contributed by atoms with Crippen LogP contribution >= 0.6 is 11.6 Å². The number of hydrogen-bond donors (Lipinski definition) is 0. The fraction of sp³-hybridized carbons (Fsp3) is 0.250. The molecule has 0 bridgehead atoms. The summed E-state index contributed by atoms with van der Waals surface area (Å²) in [6, 6.07) is 14.9. The Morgan fingerprint density at radius 1 is 1.13 bits per heavy atom. The molecule has 0 fully saturated rings. The van der Waals surface area contributed by atoms with Crippen LogP contribution in [0.25, 0.3) is 5.57 Å². The largest absolute Gasteiger partial charge is 0.354 e. The number of rotatable bonds is 3. The summed E-state index contributed by atoms with van der Waals surface area (Å²) < 4.78 is 0. The lowest BCUT2D eigenvalue weighted by Crippen LogP contribution is -2.27. The van der Waals surface area contributed by atoms with Gasteiger partial charge in [-0.1, -0.05) is 48.9 Å². The van der Waals surface area contributed by atoms with E-state index in [0.29, 0.717) is 0 Å². The zero-order valence-electron chi connectivity index (χ0n) is 13.8. The topological polar surface area (TPSA) is 15.6 Å². The summed E-state index contributed by atoms with van der Waals surface area (Å²) in [4.78, 5) is 6.55. The van der Waals surface area contributed by atoms with E-state index in [1.165, 1.54) is 22.3 Å². The average molecular weight is 325 g/mol. The molecule has 0 radical (unpaired) electrons. The maximum atomic E-state index is 6.03. The Hall–Kier alpha value is -2.06. The molecule has 2 aromatic carbocycles. The first-order valence-corrected chi connectivity index (χ1v) is 8.28. The highest BCUT2D eigenvalue weighted by Gasteiger charge is 2.25. The Morgan fingerprint density at radius 2 is 1.87 bits per heavy atom. The lowest BCUT2D eigenvalue weighted by atomic mass is 9.88. The molecule has 0 saturated heterocycles. The Bertz CT molecular complexity index is 760. The number of hydrogen-bond acceptors (Lipinski definition) is 2. The first kappa shape index (κ1) is 15.8.